The summed E-state index contributed by atoms with van der Waals surface area (Å²) in [5, 5.41) is 3.32. The molecule has 0 amide bonds. The van der Waals surface area contributed by atoms with Gasteiger partial charge in [-0.1, -0.05) is 24.3 Å². The predicted octanol–water partition coefficient (Wildman–Crippen LogP) is 3.70. The van der Waals surface area contributed by atoms with Gasteiger partial charge in [0, 0.05) is 0 Å². The quantitative estimate of drug-likeness (QED) is 0.581. The molecule has 0 radical (unpaired) electrons. The maximum Gasteiger partial charge on any atom is 0.150 e. The molecule has 1 aliphatic heterocycles. The second-order valence-electron chi connectivity index (χ2n) is 3.22. The van der Waals surface area contributed by atoms with Gasteiger partial charge in [-0.3, -0.25) is 0 Å². The third kappa shape index (κ3) is 1.53. The highest BCUT2D eigenvalue weighted by molar-refractivity contribution is 5.75. The van der Waals surface area contributed by atoms with Crippen LogP contribution in [0.5, 0.6) is 11.5 Å². The number of nitrogens with one attached hydrogen (secondary N) is 1. The Morgan fingerprint density at radius 3 is 1.73 bits per heavy atom. The molecular weight excluding hydrogens is 188 g/mol. The van der Waals surface area contributed by atoms with Crippen LogP contribution in [0.25, 0.3) is 0 Å². The molecule has 1 heterocycles. The van der Waals surface area contributed by atoms with E-state index in [1.54, 1.807) is 0 Å². The largest absolute Gasteiger partial charge is 0.453 e. The van der Waals surface area contributed by atoms with Crippen LogP contribution < -0.4 is 16.2 Å². The van der Waals surface area contributed by atoms with Crippen LogP contribution in [0, 0.1) is 0 Å². The van der Waals surface area contributed by atoms with Gasteiger partial charge in [-0.15, -0.1) is 0 Å². The van der Waals surface area contributed by atoms with Gasteiger partial charge in [0.25, 0.3) is 0 Å². The van der Waals surface area contributed by atoms with Crippen LogP contribution in [0.3, 0.4) is 0 Å². The van der Waals surface area contributed by atoms with Crippen molar-refractivity contribution < 1.29 is 4.74 Å². The van der Waals surface area contributed by atoms with E-state index in [2.05, 4.69) is 5.32 Å². The first-order valence-electron chi connectivity index (χ1n) is 4.56. The molecule has 0 saturated carbocycles. The van der Waals surface area contributed by atoms with Gasteiger partial charge in [-0.05, 0) is 24.3 Å². The van der Waals surface area contributed by atoms with Crippen molar-refractivity contribution >= 4 is 11.4 Å². The van der Waals surface area contributed by atoms with Gasteiger partial charge in [0.15, 0.2) is 11.5 Å². The Kier molecular flexibility index (Phi) is 2.31. The first-order chi connectivity index (χ1) is 6.93. The van der Waals surface area contributed by atoms with E-state index >= 15 is 0 Å². The van der Waals surface area contributed by atoms with E-state index in [1.807, 2.05) is 48.5 Å². The fourth-order valence-electron chi connectivity index (χ4n) is 1.58. The minimum absolute atomic E-state index is 0. The average molecular weight is 200 g/mol. The molecule has 0 bridgehead atoms. The Morgan fingerprint density at radius 2 is 1.20 bits per heavy atom. The van der Waals surface area contributed by atoms with E-state index in [0.717, 1.165) is 22.9 Å². The number of ether oxygens (including phenoxy) is 1. The van der Waals surface area contributed by atoms with E-state index in [1.165, 1.54) is 0 Å². The maximum atomic E-state index is 5.71. The number of hydrogen-bond acceptors (Lipinski definition) is 3. The van der Waals surface area contributed by atoms with Crippen LogP contribution in [0.1, 0.15) is 0 Å². The van der Waals surface area contributed by atoms with Crippen molar-refractivity contribution in [3.05, 3.63) is 48.5 Å². The lowest BCUT2D eigenvalue weighted by atomic mass is 10.2. The van der Waals surface area contributed by atoms with Gasteiger partial charge in [0.2, 0.25) is 0 Å². The van der Waals surface area contributed by atoms with Gasteiger partial charge in [0.1, 0.15) is 0 Å². The summed E-state index contributed by atoms with van der Waals surface area (Å²) in [5.41, 5.74) is 2.04. The molecule has 0 unspecified atom stereocenters. The molecular formula is C12H12N2O. The normalized spacial score (nSPS) is 11.2. The SMILES string of the molecule is N.c1ccc2c(c1)Nc1ccccc1O2. The minimum atomic E-state index is 0. The highest BCUT2D eigenvalue weighted by atomic mass is 16.5. The molecule has 1 aliphatic rings. The number of rotatable bonds is 0. The summed E-state index contributed by atoms with van der Waals surface area (Å²) in [7, 11) is 0. The van der Waals surface area contributed by atoms with E-state index in [9.17, 15) is 0 Å². The van der Waals surface area contributed by atoms with Gasteiger partial charge in [-0.2, -0.15) is 0 Å². The fraction of sp³-hybridized carbons (Fsp3) is 0. The molecule has 0 spiro atoms. The summed E-state index contributed by atoms with van der Waals surface area (Å²) in [5.74, 6) is 1.76. The molecule has 15 heavy (non-hydrogen) atoms. The minimum Gasteiger partial charge on any atom is -0.453 e. The zero-order valence-electron chi connectivity index (χ0n) is 8.23. The molecule has 76 valence electrons. The first kappa shape index (κ1) is 9.55. The van der Waals surface area contributed by atoms with E-state index < -0.39 is 0 Å². The van der Waals surface area contributed by atoms with Crippen molar-refractivity contribution in [1.82, 2.24) is 6.15 Å². The van der Waals surface area contributed by atoms with E-state index in [4.69, 9.17) is 4.74 Å². The highest BCUT2D eigenvalue weighted by Gasteiger charge is 2.13. The Balaban J connectivity index is 0.000000853. The topological polar surface area (TPSA) is 56.3 Å². The van der Waals surface area contributed by atoms with Crippen molar-refractivity contribution in [2.45, 2.75) is 0 Å². The van der Waals surface area contributed by atoms with Crippen molar-refractivity contribution in [2.24, 2.45) is 0 Å². The molecule has 3 heteroatoms. The molecule has 0 saturated heterocycles. The van der Waals surface area contributed by atoms with Crippen LogP contribution in [-0.2, 0) is 0 Å². The van der Waals surface area contributed by atoms with Crippen LogP contribution >= 0.6 is 0 Å². The second-order valence-corrected chi connectivity index (χ2v) is 3.22. The summed E-state index contributed by atoms with van der Waals surface area (Å²) in [6.45, 7) is 0. The number of hydrogen-bond donors (Lipinski definition) is 2. The molecule has 3 nitrogen and oxygen atoms in total. The van der Waals surface area contributed by atoms with Crippen molar-refractivity contribution in [3.63, 3.8) is 0 Å². The Bertz CT molecular complexity index is 395. The van der Waals surface area contributed by atoms with Crippen LogP contribution in [-0.4, -0.2) is 0 Å². The molecule has 0 atom stereocenters. The van der Waals surface area contributed by atoms with E-state index in [-0.39, 0.29) is 6.15 Å². The third-order valence-corrected chi connectivity index (χ3v) is 2.26. The molecule has 3 rings (SSSR count). The standard InChI is InChI=1S/C12H9NO.H3N/c1-3-7-11-9(5-1)13-10-6-2-4-8-12(10)14-11;/h1-8,13H;1H3. The van der Waals surface area contributed by atoms with Crippen molar-refractivity contribution in [3.8, 4) is 11.5 Å². The molecule has 2 aromatic carbocycles. The lowest BCUT2D eigenvalue weighted by molar-refractivity contribution is 0.481. The number of anilines is 2. The van der Waals surface area contributed by atoms with Gasteiger partial charge in [-0.25, -0.2) is 0 Å². The smallest absolute Gasteiger partial charge is 0.150 e. The average Bonchev–Trinajstić information content (AvgIpc) is 2.26. The molecule has 4 N–H and O–H groups in total. The number of para-hydroxylation sites is 4. The predicted molar refractivity (Wildman–Crippen MR) is 61.3 cm³/mol. The summed E-state index contributed by atoms with van der Waals surface area (Å²) >= 11 is 0. The first-order valence-corrected chi connectivity index (χ1v) is 4.56. The van der Waals surface area contributed by atoms with Crippen molar-refractivity contribution in [1.29, 1.82) is 0 Å². The summed E-state index contributed by atoms with van der Waals surface area (Å²) < 4.78 is 5.71. The maximum absolute atomic E-state index is 5.71. The summed E-state index contributed by atoms with van der Waals surface area (Å²) in [6.07, 6.45) is 0. The monoisotopic (exact) mass is 200 g/mol. The Hall–Kier alpha value is -2.00. The second kappa shape index (κ2) is 3.63. The summed E-state index contributed by atoms with van der Waals surface area (Å²) in [6, 6.07) is 15.8. The van der Waals surface area contributed by atoms with Crippen LogP contribution in [0.4, 0.5) is 11.4 Å². The van der Waals surface area contributed by atoms with Gasteiger partial charge < -0.3 is 16.2 Å². The zero-order valence-corrected chi connectivity index (χ0v) is 8.23. The van der Waals surface area contributed by atoms with E-state index in [0.29, 0.717) is 0 Å². The Morgan fingerprint density at radius 1 is 0.733 bits per heavy atom. The molecule has 0 fully saturated rings. The van der Waals surface area contributed by atoms with Gasteiger partial charge in [0.05, 0.1) is 11.4 Å². The van der Waals surface area contributed by atoms with Crippen LogP contribution in [0.2, 0.25) is 0 Å². The molecule has 2 aromatic rings. The molecule has 0 aliphatic carbocycles. The van der Waals surface area contributed by atoms with Crippen LogP contribution in [0.15, 0.2) is 48.5 Å². The van der Waals surface area contributed by atoms with Crippen molar-refractivity contribution in [2.75, 3.05) is 5.32 Å². The lowest BCUT2D eigenvalue weighted by Gasteiger charge is -2.20. The van der Waals surface area contributed by atoms with Gasteiger partial charge >= 0.3 is 0 Å². The third-order valence-electron chi connectivity index (χ3n) is 2.26. The molecule has 0 aromatic heterocycles. The fourth-order valence-corrected chi connectivity index (χ4v) is 1.58. The number of fused-ring (bicyclic) bond motifs is 2. The Labute approximate surface area is 88.3 Å². The zero-order chi connectivity index (χ0) is 9.38. The lowest BCUT2D eigenvalue weighted by Crippen LogP contribution is -2.01. The summed E-state index contributed by atoms with van der Waals surface area (Å²) in [4.78, 5) is 0. The highest BCUT2D eigenvalue weighted by Crippen LogP contribution is 2.40. The number of benzene rings is 2.